The number of nitrogens with one attached hydrogen (secondary N) is 2. The van der Waals surface area contributed by atoms with Crippen LogP contribution in [-0.2, 0) is 11.2 Å². The molecule has 5 heteroatoms. The number of amides is 1. The molecule has 4 nitrogen and oxygen atoms in total. The van der Waals surface area contributed by atoms with Crippen molar-refractivity contribution >= 4 is 17.5 Å². The van der Waals surface area contributed by atoms with Crippen molar-refractivity contribution in [2.24, 2.45) is 0 Å². The van der Waals surface area contributed by atoms with E-state index in [1.807, 2.05) is 6.07 Å². The van der Waals surface area contributed by atoms with E-state index in [0.29, 0.717) is 6.42 Å². The number of H-pyrrole nitrogens is 1. The number of aromatic amines is 1. The maximum atomic E-state index is 11.9. The standard InChI is InChI=1S/C19H21ClN2O2/c1-2-12-3-5-13(6-4-12)15(11-14-7-10-18(23)21-14)17-9-8-16(20)19(24)22-17/h3-6,8-9,14-15H,2,7,10-11H2,1H3,(H,21,23)(H,22,24). The molecule has 24 heavy (non-hydrogen) atoms. The van der Waals surface area contributed by atoms with Gasteiger partial charge in [0.05, 0.1) is 0 Å². The summed E-state index contributed by atoms with van der Waals surface area (Å²) in [6.07, 6.45) is 3.15. The summed E-state index contributed by atoms with van der Waals surface area (Å²) in [5.74, 6) is 0.119. The highest BCUT2D eigenvalue weighted by Gasteiger charge is 2.26. The lowest BCUT2D eigenvalue weighted by Gasteiger charge is -2.22. The molecule has 1 aromatic heterocycles. The number of carbonyl (C=O) groups excluding carboxylic acids is 1. The Labute approximate surface area is 146 Å². The zero-order chi connectivity index (χ0) is 17.1. The third-order valence-electron chi connectivity index (χ3n) is 4.65. The van der Waals surface area contributed by atoms with Crippen LogP contribution in [0, 0.1) is 0 Å². The summed E-state index contributed by atoms with van der Waals surface area (Å²) in [6.45, 7) is 2.12. The predicted octanol–water partition coefficient (Wildman–Crippen LogP) is 3.39. The van der Waals surface area contributed by atoms with Crippen molar-refractivity contribution in [3.8, 4) is 0 Å². The number of pyridine rings is 1. The Kier molecular flexibility index (Phi) is 5.05. The molecule has 1 aromatic carbocycles. The van der Waals surface area contributed by atoms with Gasteiger partial charge in [-0.2, -0.15) is 0 Å². The van der Waals surface area contributed by atoms with E-state index in [0.717, 1.165) is 30.5 Å². The number of carbonyl (C=O) groups is 1. The average Bonchev–Trinajstić information content (AvgIpc) is 3.00. The monoisotopic (exact) mass is 344 g/mol. The van der Waals surface area contributed by atoms with Crippen LogP contribution < -0.4 is 10.9 Å². The van der Waals surface area contributed by atoms with Crippen molar-refractivity contribution in [1.82, 2.24) is 10.3 Å². The Bertz CT molecular complexity index is 783. The van der Waals surface area contributed by atoms with Gasteiger partial charge >= 0.3 is 0 Å². The third kappa shape index (κ3) is 3.70. The molecule has 2 aromatic rings. The number of hydrogen-bond acceptors (Lipinski definition) is 2. The summed E-state index contributed by atoms with van der Waals surface area (Å²) in [6, 6.07) is 12.1. The van der Waals surface area contributed by atoms with Crippen LogP contribution in [0.25, 0.3) is 0 Å². The van der Waals surface area contributed by atoms with Gasteiger partial charge in [-0.3, -0.25) is 9.59 Å². The number of hydrogen-bond donors (Lipinski definition) is 2. The molecule has 2 atom stereocenters. The van der Waals surface area contributed by atoms with E-state index in [1.165, 1.54) is 5.56 Å². The van der Waals surface area contributed by atoms with Crippen molar-refractivity contribution in [1.29, 1.82) is 0 Å². The lowest BCUT2D eigenvalue weighted by Crippen LogP contribution is -2.28. The maximum Gasteiger partial charge on any atom is 0.266 e. The Morgan fingerprint density at radius 1 is 1.17 bits per heavy atom. The lowest BCUT2D eigenvalue weighted by molar-refractivity contribution is -0.119. The van der Waals surface area contributed by atoms with Gasteiger partial charge in [0, 0.05) is 24.1 Å². The van der Waals surface area contributed by atoms with Crippen LogP contribution in [0.2, 0.25) is 5.02 Å². The Balaban J connectivity index is 1.93. The summed E-state index contributed by atoms with van der Waals surface area (Å²) in [4.78, 5) is 26.3. The number of rotatable bonds is 5. The predicted molar refractivity (Wildman–Crippen MR) is 95.5 cm³/mol. The lowest BCUT2D eigenvalue weighted by atomic mass is 9.88. The number of benzene rings is 1. The zero-order valence-electron chi connectivity index (χ0n) is 13.6. The molecule has 1 fully saturated rings. The van der Waals surface area contributed by atoms with Gasteiger partial charge in [0.15, 0.2) is 0 Å². The number of halogens is 1. The molecular formula is C19H21ClN2O2. The van der Waals surface area contributed by atoms with E-state index in [9.17, 15) is 9.59 Å². The van der Waals surface area contributed by atoms with Crippen molar-refractivity contribution in [2.45, 2.75) is 44.6 Å². The van der Waals surface area contributed by atoms with E-state index >= 15 is 0 Å². The second-order valence-corrected chi connectivity index (χ2v) is 6.68. The second kappa shape index (κ2) is 7.22. The normalized spacial score (nSPS) is 18.4. The van der Waals surface area contributed by atoms with Crippen LogP contribution in [0.1, 0.15) is 48.9 Å². The molecule has 0 saturated carbocycles. The van der Waals surface area contributed by atoms with E-state index < -0.39 is 0 Å². The molecule has 0 aliphatic carbocycles. The molecule has 2 unspecified atom stereocenters. The molecule has 1 saturated heterocycles. The Hall–Kier alpha value is -2.07. The molecule has 0 spiro atoms. The molecule has 1 amide bonds. The number of aromatic nitrogens is 1. The van der Waals surface area contributed by atoms with Crippen LogP contribution in [-0.4, -0.2) is 16.9 Å². The van der Waals surface area contributed by atoms with Crippen LogP contribution in [0.3, 0.4) is 0 Å². The topological polar surface area (TPSA) is 62.0 Å². The molecule has 3 rings (SSSR count). The van der Waals surface area contributed by atoms with E-state index in [-0.39, 0.29) is 28.4 Å². The fourth-order valence-corrected chi connectivity index (χ4v) is 3.35. The van der Waals surface area contributed by atoms with Gasteiger partial charge in [-0.1, -0.05) is 42.8 Å². The van der Waals surface area contributed by atoms with Crippen molar-refractivity contribution in [3.05, 3.63) is 68.6 Å². The Morgan fingerprint density at radius 2 is 1.92 bits per heavy atom. The van der Waals surface area contributed by atoms with Gasteiger partial charge in [0.25, 0.3) is 5.56 Å². The van der Waals surface area contributed by atoms with Gasteiger partial charge < -0.3 is 10.3 Å². The molecule has 0 bridgehead atoms. The van der Waals surface area contributed by atoms with Crippen LogP contribution in [0.4, 0.5) is 0 Å². The molecule has 1 aliphatic heterocycles. The van der Waals surface area contributed by atoms with Gasteiger partial charge in [-0.25, -0.2) is 0 Å². The van der Waals surface area contributed by atoms with Crippen molar-refractivity contribution in [2.75, 3.05) is 0 Å². The van der Waals surface area contributed by atoms with Gasteiger partial charge in [0.2, 0.25) is 5.91 Å². The van der Waals surface area contributed by atoms with Gasteiger partial charge in [-0.05, 0) is 42.5 Å². The average molecular weight is 345 g/mol. The Morgan fingerprint density at radius 3 is 2.50 bits per heavy atom. The molecule has 1 aliphatic rings. The van der Waals surface area contributed by atoms with E-state index in [2.05, 4.69) is 41.5 Å². The SMILES string of the molecule is CCc1ccc(C(CC2CCC(=O)N2)c2ccc(Cl)c(=O)[nH]2)cc1. The highest BCUT2D eigenvalue weighted by molar-refractivity contribution is 6.30. The molecular weight excluding hydrogens is 324 g/mol. The highest BCUT2D eigenvalue weighted by Crippen LogP contribution is 2.30. The third-order valence-corrected chi connectivity index (χ3v) is 4.95. The quantitative estimate of drug-likeness (QED) is 0.873. The largest absolute Gasteiger partial charge is 0.353 e. The fraction of sp³-hybridized carbons (Fsp3) is 0.368. The molecule has 2 N–H and O–H groups in total. The zero-order valence-corrected chi connectivity index (χ0v) is 14.4. The van der Waals surface area contributed by atoms with E-state index in [4.69, 9.17) is 11.6 Å². The summed E-state index contributed by atoms with van der Waals surface area (Å²) < 4.78 is 0. The van der Waals surface area contributed by atoms with Gasteiger partial charge in [0.1, 0.15) is 5.02 Å². The van der Waals surface area contributed by atoms with E-state index in [1.54, 1.807) is 6.07 Å². The summed E-state index contributed by atoms with van der Waals surface area (Å²) in [5.41, 5.74) is 2.96. The van der Waals surface area contributed by atoms with Crippen LogP contribution in [0.5, 0.6) is 0 Å². The van der Waals surface area contributed by atoms with Crippen LogP contribution >= 0.6 is 11.6 Å². The fourth-order valence-electron chi connectivity index (χ4n) is 3.24. The number of aryl methyl sites for hydroxylation is 1. The summed E-state index contributed by atoms with van der Waals surface area (Å²) in [7, 11) is 0. The minimum atomic E-state index is -0.278. The van der Waals surface area contributed by atoms with Crippen LogP contribution in [0.15, 0.2) is 41.2 Å². The first kappa shape index (κ1) is 16.8. The summed E-state index contributed by atoms with van der Waals surface area (Å²) >= 11 is 5.86. The van der Waals surface area contributed by atoms with Crippen molar-refractivity contribution < 1.29 is 4.79 Å². The first-order chi connectivity index (χ1) is 11.6. The first-order valence-electron chi connectivity index (χ1n) is 8.33. The smallest absolute Gasteiger partial charge is 0.266 e. The first-order valence-corrected chi connectivity index (χ1v) is 8.71. The van der Waals surface area contributed by atoms with Gasteiger partial charge in [-0.15, -0.1) is 0 Å². The minimum absolute atomic E-state index is 0.0178. The molecule has 126 valence electrons. The summed E-state index contributed by atoms with van der Waals surface area (Å²) in [5, 5.41) is 3.20. The van der Waals surface area contributed by atoms with Crippen molar-refractivity contribution in [3.63, 3.8) is 0 Å². The highest BCUT2D eigenvalue weighted by atomic mass is 35.5. The maximum absolute atomic E-state index is 11.9. The molecule has 2 heterocycles. The molecule has 0 radical (unpaired) electrons. The minimum Gasteiger partial charge on any atom is -0.353 e. The second-order valence-electron chi connectivity index (χ2n) is 6.28.